The van der Waals surface area contributed by atoms with E-state index in [0.29, 0.717) is 5.69 Å². The first-order chi connectivity index (χ1) is 7.13. The third-order valence-electron chi connectivity index (χ3n) is 1.77. The summed E-state index contributed by atoms with van der Waals surface area (Å²) in [4.78, 5) is 10.3. The quantitative estimate of drug-likeness (QED) is 0.610. The van der Waals surface area contributed by atoms with Gasteiger partial charge in [0.25, 0.3) is 0 Å². The van der Waals surface area contributed by atoms with Crippen LogP contribution in [0.2, 0.25) is 10.6 Å². The first-order valence-corrected chi connectivity index (χ1v) is 6.66. The first kappa shape index (κ1) is 14.0. The van der Waals surface area contributed by atoms with Gasteiger partial charge in [0.1, 0.15) is 0 Å². The number of para-hydroxylation sites is 1. The van der Waals surface area contributed by atoms with E-state index in [1.165, 1.54) is 16.6 Å². The van der Waals surface area contributed by atoms with Gasteiger partial charge < -0.3 is 10.8 Å². The summed E-state index contributed by atoms with van der Waals surface area (Å²) in [5.74, 6) is -0.988. The number of hydrogen-bond acceptors (Lipinski definition) is 2. The third kappa shape index (κ3) is 6.16. The van der Waals surface area contributed by atoms with E-state index < -0.39 is 5.97 Å². The monoisotopic (exact) mass is 222 g/mol. The number of carboxylic acid groups (broad SMARTS) is 1. The maximum absolute atomic E-state index is 10.3. The Kier molecular flexibility index (Phi) is 7.80. The molecule has 1 rings (SSSR count). The highest BCUT2D eigenvalue weighted by Gasteiger charge is 2.03. The summed E-state index contributed by atoms with van der Waals surface area (Å²) < 4.78 is 0. The Bertz CT molecular complexity index is 300. The lowest BCUT2D eigenvalue weighted by molar-refractivity contribution is 0.0698. The lowest BCUT2D eigenvalue weighted by atomic mass is 10.2. The van der Waals surface area contributed by atoms with Crippen LogP contribution in [0.5, 0.6) is 0 Å². The molecule has 0 spiro atoms. The zero-order valence-electron chi connectivity index (χ0n) is 9.23. The van der Waals surface area contributed by atoms with Crippen molar-refractivity contribution in [3.05, 3.63) is 29.8 Å². The molecule has 3 nitrogen and oxygen atoms in total. The molecule has 0 unspecified atom stereocenters. The summed E-state index contributed by atoms with van der Waals surface area (Å²) in [7, 11) is 0. The Morgan fingerprint density at radius 3 is 2.13 bits per heavy atom. The van der Waals surface area contributed by atoms with Crippen molar-refractivity contribution in [2.75, 3.05) is 5.73 Å². The Balaban J connectivity index is 0.000000336. The van der Waals surface area contributed by atoms with Crippen LogP contribution in [0.1, 0.15) is 24.2 Å². The molecule has 1 radical (unpaired) electrons. The molecule has 1 aromatic rings. The number of aromatic carboxylic acids is 1. The van der Waals surface area contributed by atoms with Crippen LogP contribution in [0.15, 0.2) is 24.3 Å². The minimum absolute atomic E-state index is 0.155. The summed E-state index contributed by atoms with van der Waals surface area (Å²) in [6.07, 6.45) is 0. The van der Waals surface area contributed by atoms with Crippen molar-refractivity contribution < 1.29 is 9.90 Å². The Labute approximate surface area is 97.0 Å². The fourth-order valence-corrected chi connectivity index (χ4v) is 1.56. The van der Waals surface area contributed by atoms with Gasteiger partial charge in [0.15, 0.2) is 15.2 Å². The summed E-state index contributed by atoms with van der Waals surface area (Å²) >= 11 is 0.815. The molecule has 0 bridgehead atoms. The summed E-state index contributed by atoms with van der Waals surface area (Å²) in [5.41, 5.74) is 5.80. The molecular weight excluding hydrogens is 205 g/mol. The summed E-state index contributed by atoms with van der Waals surface area (Å²) in [6, 6.07) is 6.36. The molecule has 0 aliphatic rings. The van der Waals surface area contributed by atoms with E-state index in [2.05, 4.69) is 13.8 Å². The predicted octanol–water partition coefficient (Wildman–Crippen LogP) is 2.53. The fraction of sp³-hybridized carbons (Fsp3) is 0.364. The van der Waals surface area contributed by atoms with Gasteiger partial charge in [-0.15, -0.1) is 10.6 Å². The number of benzene rings is 1. The van der Waals surface area contributed by atoms with Crippen LogP contribution in [-0.4, -0.2) is 26.3 Å². The molecule has 1 aromatic carbocycles. The molecular formula is C11H17AlNO2. The molecule has 0 aromatic heterocycles. The highest BCUT2D eigenvalue weighted by atomic mass is 27.1. The second kappa shape index (κ2) is 8.34. The van der Waals surface area contributed by atoms with Crippen LogP contribution in [-0.2, 0) is 0 Å². The van der Waals surface area contributed by atoms with Crippen molar-refractivity contribution in [2.24, 2.45) is 0 Å². The maximum atomic E-state index is 10.3. The van der Waals surface area contributed by atoms with Crippen LogP contribution in [0, 0.1) is 0 Å². The number of carboxylic acids is 1. The Hall–Kier alpha value is -0.978. The van der Waals surface area contributed by atoms with Crippen LogP contribution in [0.3, 0.4) is 0 Å². The minimum atomic E-state index is -0.988. The lowest BCUT2D eigenvalue weighted by Gasteiger charge is -1.96. The molecule has 0 saturated carbocycles. The van der Waals surface area contributed by atoms with E-state index >= 15 is 0 Å². The molecule has 81 valence electrons. The maximum Gasteiger partial charge on any atom is 0.337 e. The number of hydrogen-bond donors (Lipinski definition) is 2. The SMILES string of the molecule is C[CH2][Al][CH2]C.Nc1ccccc1C(=O)O. The molecule has 0 heterocycles. The van der Waals surface area contributed by atoms with E-state index in [1.807, 2.05) is 0 Å². The van der Waals surface area contributed by atoms with Crippen molar-refractivity contribution >= 4 is 26.9 Å². The molecule has 0 aliphatic carbocycles. The standard InChI is InChI=1S/C7H7NO2.2C2H5.Al/c8-6-4-2-1-3-5(6)7(9)10;2*1-2;/h1-4H,8H2,(H,9,10);2*1H2,2H3;. The van der Waals surface area contributed by atoms with Gasteiger partial charge in [0, 0.05) is 5.69 Å². The first-order valence-electron chi connectivity index (χ1n) is 5.02. The van der Waals surface area contributed by atoms with Crippen molar-refractivity contribution in [3.8, 4) is 0 Å². The molecule has 15 heavy (non-hydrogen) atoms. The normalized spacial score (nSPS) is 8.67. The topological polar surface area (TPSA) is 63.3 Å². The molecule has 0 saturated heterocycles. The van der Waals surface area contributed by atoms with E-state index in [9.17, 15) is 4.79 Å². The number of nitrogen functional groups attached to an aromatic ring is 1. The van der Waals surface area contributed by atoms with E-state index in [0.717, 1.165) is 15.2 Å². The number of rotatable bonds is 3. The number of carbonyl (C=O) groups is 1. The summed E-state index contributed by atoms with van der Waals surface area (Å²) in [5, 5.41) is 11.3. The van der Waals surface area contributed by atoms with Crippen LogP contribution < -0.4 is 5.73 Å². The van der Waals surface area contributed by atoms with Gasteiger partial charge in [-0.2, -0.15) is 0 Å². The highest BCUT2D eigenvalue weighted by Crippen LogP contribution is 2.08. The number of anilines is 1. The van der Waals surface area contributed by atoms with Gasteiger partial charge in [-0.05, 0) is 12.1 Å². The van der Waals surface area contributed by atoms with Crippen molar-refractivity contribution in [2.45, 2.75) is 24.4 Å². The minimum Gasteiger partial charge on any atom is -0.478 e. The summed E-state index contributed by atoms with van der Waals surface area (Å²) in [6.45, 7) is 4.50. The molecule has 0 aliphatic heterocycles. The van der Waals surface area contributed by atoms with Crippen LogP contribution >= 0.6 is 0 Å². The Morgan fingerprint density at radius 1 is 1.33 bits per heavy atom. The molecule has 3 N–H and O–H groups in total. The zero-order chi connectivity index (χ0) is 11.7. The van der Waals surface area contributed by atoms with Gasteiger partial charge in [0.05, 0.1) is 5.56 Å². The van der Waals surface area contributed by atoms with E-state index in [-0.39, 0.29) is 5.56 Å². The smallest absolute Gasteiger partial charge is 0.337 e. The molecule has 0 atom stereocenters. The second-order valence-electron chi connectivity index (χ2n) is 3.00. The van der Waals surface area contributed by atoms with Gasteiger partial charge in [-0.25, -0.2) is 4.79 Å². The Morgan fingerprint density at radius 2 is 1.87 bits per heavy atom. The molecule has 4 heteroatoms. The van der Waals surface area contributed by atoms with Gasteiger partial charge in [0.2, 0.25) is 0 Å². The molecule has 0 amide bonds. The van der Waals surface area contributed by atoms with E-state index in [4.69, 9.17) is 10.8 Å². The predicted molar refractivity (Wildman–Crippen MR) is 64.5 cm³/mol. The van der Waals surface area contributed by atoms with Crippen molar-refractivity contribution in [1.82, 2.24) is 0 Å². The van der Waals surface area contributed by atoms with Crippen LogP contribution in [0.25, 0.3) is 0 Å². The van der Waals surface area contributed by atoms with Crippen molar-refractivity contribution in [3.63, 3.8) is 0 Å². The highest BCUT2D eigenvalue weighted by molar-refractivity contribution is 6.34. The average Bonchev–Trinajstić information content (AvgIpc) is 2.20. The van der Waals surface area contributed by atoms with Gasteiger partial charge >= 0.3 is 5.97 Å². The van der Waals surface area contributed by atoms with Crippen LogP contribution in [0.4, 0.5) is 5.69 Å². The lowest BCUT2D eigenvalue weighted by Crippen LogP contribution is -2.00. The van der Waals surface area contributed by atoms with Gasteiger partial charge in [-0.3, -0.25) is 0 Å². The number of nitrogens with two attached hydrogens (primary N) is 1. The second-order valence-corrected chi connectivity index (χ2v) is 5.21. The third-order valence-corrected chi connectivity index (χ3v) is 2.92. The molecule has 0 fully saturated rings. The fourth-order valence-electron chi connectivity index (χ4n) is 0.980. The zero-order valence-corrected chi connectivity index (χ0v) is 10.4. The average molecular weight is 222 g/mol. The largest absolute Gasteiger partial charge is 0.478 e. The van der Waals surface area contributed by atoms with Gasteiger partial charge in [-0.1, -0.05) is 26.0 Å². The van der Waals surface area contributed by atoms with E-state index in [1.54, 1.807) is 18.2 Å². The van der Waals surface area contributed by atoms with Crippen molar-refractivity contribution in [1.29, 1.82) is 0 Å².